The van der Waals surface area contributed by atoms with Gasteiger partial charge in [-0.1, -0.05) is 0 Å². The average Bonchev–Trinajstić information content (AvgIpc) is 2.79. The summed E-state index contributed by atoms with van der Waals surface area (Å²) in [5.74, 6) is 0.0734. The van der Waals surface area contributed by atoms with Crippen LogP contribution in [0, 0.1) is 0 Å². The fourth-order valence-electron chi connectivity index (χ4n) is 2.47. The summed E-state index contributed by atoms with van der Waals surface area (Å²) in [4.78, 5) is 27.2. The lowest BCUT2D eigenvalue weighted by Gasteiger charge is -2.24. The Labute approximate surface area is 124 Å². The molecule has 1 saturated heterocycles. The minimum Gasteiger partial charge on any atom is -0.341 e. The van der Waals surface area contributed by atoms with Gasteiger partial charge in [0.25, 0.3) is 0 Å². The van der Waals surface area contributed by atoms with E-state index < -0.39 is 0 Å². The molecule has 1 aromatic heterocycles. The summed E-state index contributed by atoms with van der Waals surface area (Å²) in [6.45, 7) is 6.77. The van der Waals surface area contributed by atoms with Crippen molar-refractivity contribution in [2.24, 2.45) is 0 Å². The summed E-state index contributed by atoms with van der Waals surface area (Å²) in [5.41, 5.74) is 0. The summed E-state index contributed by atoms with van der Waals surface area (Å²) in [5, 5.41) is 7.11. The second kappa shape index (κ2) is 7.10. The number of carbonyl (C=O) groups is 2. The van der Waals surface area contributed by atoms with Crippen molar-refractivity contribution in [3.05, 3.63) is 18.5 Å². The number of nitrogens with zero attached hydrogens (tertiary/aromatic N) is 4. The van der Waals surface area contributed by atoms with Crippen LogP contribution in [0.1, 0.15) is 20.3 Å². The van der Waals surface area contributed by atoms with E-state index in [1.54, 1.807) is 27.6 Å². The Hall–Kier alpha value is -2.05. The summed E-state index contributed by atoms with van der Waals surface area (Å²) in [6, 6.07) is 1.80. The van der Waals surface area contributed by atoms with Crippen molar-refractivity contribution in [1.82, 2.24) is 24.9 Å². The standard InChI is InChI=1S/C14H23N5O2/c1-12(11-19-8-3-5-15-19)16-14(21)18-7-4-6-17(9-10-18)13(2)20/h3,5,8,12H,4,6-7,9-11H2,1-2H3,(H,16,21)/t12-/m0/s1. The second-order valence-corrected chi connectivity index (χ2v) is 5.43. The van der Waals surface area contributed by atoms with E-state index in [0.29, 0.717) is 26.2 Å². The van der Waals surface area contributed by atoms with Crippen LogP contribution >= 0.6 is 0 Å². The fourth-order valence-corrected chi connectivity index (χ4v) is 2.47. The van der Waals surface area contributed by atoms with Gasteiger partial charge in [0.2, 0.25) is 5.91 Å². The van der Waals surface area contributed by atoms with Crippen LogP contribution in [-0.2, 0) is 11.3 Å². The van der Waals surface area contributed by atoms with Gasteiger partial charge in [0.1, 0.15) is 0 Å². The van der Waals surface area contributed by atoms with Gasteiger partial charge in [0.15, 0.2) is 0 Å². The van der Waals surface area contributed by atoms with E-state index in [0.717, 1.165) is 13.0 Å². The summed E-state index contributed by atoms with van der Waals surface area (Å²) in [6.07, 6.45) is 4.42. The zero-order valence-electron chi connectivity index (χ0n) is 12.7. The molecule has 0 saturated carbocycles. The van der Waals surface area contributed by atoms with Crippen LogP contribution < -0.4 is 5.32 Å². The molecular formula is C14H23N5O2. The molecular weight excluding hydrogens is 270 g/mol. The van der Waals surface area contributed by atoms with Crippen molar-refractivity contribution in [1.29, 1.82) is 0 Å². The Balaban J connectivity index is 1.81. The monoisotopic (exact) mass is 293 g/mol. The average molecular weight is 293 g/mol. The highest BCUT2D eigenvalue weighted by Crippen LogP contribution is 2.04. The lowest BCUT2D eigenvalue weighted by atomic mass is 10.3. The Morgan fingerprint density at radius 3 is 2.62 bits per heavy atom. The minimum atomic E-state index is -0.0694. The number of amides is 3. The van der Waals surface area contributed by atoms with Crippen LogP contribution in [0.2, 0.25) is 0 Å². The maximum absolute atomic E-state index is 12.2. The van der Waals surface area contributed by atoms with Crippen molar-refractivity contribution < 1.29 is 9.59 Å². The molecule has 0 aromatic carbocycles. The lowest BCUT2D eigenvalue weighted by Crippen LogP contribution is -2.46. The van der Waals surface area contributed by atoms with Crippen molar-refractivity contribution in [2.75, 3.05) is 26.2 Å². The Morgan fingerprint density at radius 2 is 1.95 bits per heavy atom. The van der Waals surface area contributed by atoms with Crippen LogP contribution in [-0.4, -0.2) is 63.7 Å². The number of hydrogen-bond acceptors (Lipinski definition) is 3. The van der Waals surface area contributed by atoms with Gasteiger partial charge < -0.3 is 15.1 Å². The van der Waals surface area contributed by atoms with Crippen molar-refractivity contribution >= 4 is 11.9 Å². The van der Waals surface area contributed by atoms with E-state index in [2.05, 4.69) is 10.4 Å². The molecule has 7 heteroatoms. The SMILES string of the molecule is CC(=O)N1CCCN(C(=O)N[C@@H](C)Cn2cccn2)CC1. The molecule has 1 fully saturated rings. The smallest absolute Gasteiger partial charge is 0.317 e. The highest BCUT2D eigenvalue weighted by molar-refractivity contribution is 5.75. The lowest BCUT2D eigenvalue weighted by molar-refractivity contribution is -0.128. The quantitative estimate of drug-likeness (QED) is 0.884. The first-order valence-electron chi connectivity index (χ1n) is 7.34. The van der Waals surface area contributed by atoms with Crippen LogP contribution in [0.15, 0.2) is 18.5 Å². The Morgan fingerprint density at radius 1 is 1.24 bits per heavy atom. The molecule has 1 aromatic rings. The molecule has 0 aliphatic carbocycles. The van der Waals surface area contributed by atoms with E-state index in [4.69, 9.17) is 0 Å². The van der Waals surface area contributed by atoms with Crippen LogP contribution in [0.3, 0.4) is 0 Å². The van der Waals surface area contributed by atoms with Gasteiger partial charge in [-0.2, -0.15) is 5.10 Å². The highest BCUT2D eigenvalue weighted by atomic mass is 16.2. The number of urea groups is 1. The number of nitrogens with one attached hydrogen (secondary N) is 1. The third-order valence-corrected chi connectivity index (χ3v) is 3.62. The maximum Gasteiger partial charge on any atom is 0.317 e. The summed E-state index contributed by atoms with van der Waals surface area (Å²) < 4.78 is 1.80. The van der Waals surface area contributed by atoms with Gasteiger partial charge in [-0.15, -0.1) is 0 Å². The predicted molar refractivity (Wildman–Crippen MR) is 78.7 cm³/mol. The third-order valence-electron chi connectivity index (χ3n) is 3.62. The van der Waals surface area contributed by atoms with Gasteiger partial charge in [0, 0.05) is 51.5 Å². The highest BCUT2D eigenvalue weighted by Gasteiger charge is 2.21. The molecule has 116 valence electrons. The minimum absolute atomic E-state index is 0.00423. The molecule has 3 amide bonds. The number of rotatable bonds is 3. The van der Waals surface area contributed by atoms with Gasteiger partial charge in [0.05, 0.1) is 6.54 Å². The van der Waals surface area contributed by atoms with Crippen molar-refractivity contribution in [3.8, 4) is 0 Å². The molecule has 2 heterocycles. The van der Waals surface area contributed by atoms with Crippen LogP contribution in [0.25, 0.3) is 0 Å². The van der Waals surface area contributed by atoms with E-state index in [-0.39, 0.29) is 18.0 Å². The van der Waals surface area contributed by atoms with Gasteiger partial charge in [-0.3, -0.25) is 9.48 Å². The maximum atomic E-state index is 12.2. The largest absolute Gasteiger partial charge is 0.341 e. The number of carbonyl (C=O) groups excluding carboxylic acids is 2. The summed E-state index contributed by atoms with van der Waals surface area (Å²) in [7, 11) is 0. The molecule has 1 N–H and O–H groups in total. The predicted octanol–water partition coefficient (Wildman–Crippen LogP) is 0.535. The third kappa shape index (κ3) is 4.47. The molecule has 0 unspecified atom stereocenters. The first-order chi connectivity index (χ1) is 10.1. The van der Waals surface area contributed by atoms with E-state index in [1.807, 2.05) is 19.2 Å². The van der Waals surface area contributed by atoms with Gasteiger partial charge >= 0.3 is 6.03 Å². The first kappa shape index (κ1) is 15.3. The zero-order valence-corrected chi connectivity index (χ0v) is 12.7. The van der Waals surface area contributed by atoms with E-state index >= 15 is 0 Å². The molecule has 0 radical (unpaired) electrons. The summed E-state index contributed by atoms with van der Waals surface area (Å²) >= 11 is 0. The normalized spacial score (nSPS) is 17.2. The molecule has 0 bridgehead atoms. The fraction of sp³-hybridized carbons (Fsp3) is 0.643. The molecule has 1 atom stereocenters. The number of hydrogen-bond donors (Lipinski definition) is 1. The van der Waals surface area contributed by atoms with Gasteiger partial charge in [-0.25, -0.2) is 4.79 Å². The first-order valence-corrected chi connectivity index (χ1v) is 7.34. The second-order valence-electron chi connectivity index (χ2n) is 5.43. The molecule has 0 spiro atoms. The Kier molecular flexibility index (Phi) is 5.19. The van der Waals surface area contributed by atoms with Crippen LogP contribution in [0.4, 0.5) is 4.79 Å². The van der Waals surface area contributed by atoms with E-state index in [9.17, 15) is 9.59 Å². The molecule has 21 heavy (non-hydrogen) atoms. The van der Waals surface area contributed by atoms with Gasteiger partial charge in [-0.05, 0) is 19.4 Å². The van der Waals surface area contributed by atoms with Crippen LogP contribution in [0.5, 0.6) is 0 Å². The van der Waals surface area contributed by atoms with Crippen molar-refractivity contribution in [3.63, 3.8) is 0 Å². The molecule has 2 rings (SSSR count). The van der Waals surface area contributed by atoms with Crippen molar-refractivity contribution in [2.45, 2.75) is 32.9 Å². The zero-order chi connectivity index (χ0) is 15.2. The van der Waals surface area contributed by atoms with E-state index in [1.165, 1.54) is 0 Å². The topological polar surface area (TPSA) is 70.5 Å². The molecule has 1 aliphatic heterocycles. The number of aromatic nitrogens is 2. The molecule has 7 nitrogen and oxygen atoms in total. The Bertz CT molecular complexity index is 474. The molecule has 1 aliphatic rings.